The summed E-state index contributed by atoms with van der Waals surface area (Å²) in [7, 11) is 0. The van der Waals surface area contributed by atoms with Gasteiger partial charge in [-0.2, -0.15) is 0 Å². The second-order valence-corrected chi connectivity index (χ2v) is 3.17. The minimum Gasteiger partial charge on any atom is -0.394 e. The first-order valence-corrected chi connectivity index (χ1v) is 5.62. The molecule has 0 fully saturated rings. The van der Waals surface area contributed by atoms with Gasteiger partial charge < -0.3 is 35.6 Å². The minimum absolute atomic E-state index is 0.0833. The maximum atomic E-state index is 8.50. The van der Waals surface area contributed by atoms with Gasteiger partial charge in [0.05, 0.1) is 0 Å². The largest absolute Gasteiger partial charge is 0.394 e. The summed E-state index contributed by atoms with van der Waals surface area (Å²) >= 11 is 7.71. The van der Waals surface area contributed by atoms with Crippen LogP contribution in [-0.4, -0.2) is 9.30 Å². The fourth-order valence-electron chi connectivity index (χ4n) is 0.152. The van der Waals surface area contributed by atoms with Gasteiger partial charge in [-0.25, -0.2) is 0 Å². The number of hydrogen-bond acceptors (Lipinski definition) is 6. The Bertz CT molecular complexity index is 201. The van der Waals surface area contributed by atoms with Crippen molar-refractivity contribution in [2.75, 3.05) is 0 Å². The van der Waals surface area contributed by atoms with E-state index in [1.54, 1.807) is 6.20 Å². The number of aromatic nitrogens is 1. The Hall–Kier alpha value is 0.0283. The molecule has 1 rings (SSSR count). The van der Waals surface area contributed by atoms with E-state index in [2.05, 4.69) is 41.1 Å². The zero-order valence-corrected chi connectivity index (χ0v) is 10.1. The molecule has 0 radical (unpaired) electrons. The number of thiocarbonyl (C=S) groups is 1. The number of thiazole rings is 1. The molecule has 1 heterocycles. The fourth-order valence-corrected chi connectivity index (χ4v) is 0.456. The smallest absolute Gasteiger partial charge is 0.0221 e. The normalized spacial score (nSPS) is 6.00. The molecule has 0 amide bonds. The third kappa shape index (κ3) is 32.3. The quantitative estimate of drug-likeness (QED) is 0.325. The molecular formula is C4H4MoN2O2S3. The zero-order chi connectivity index (χ0) is 9.82. The SMILES string of the molecule is NC(=S)[S-].[O]=[Mo+2]=[O].[c-]1nccs1. The molecule has 0 saturated heterocycles. The second-order valence-electron chi connectivity index (χ2n) is 1.01. The van der Waals surface area contributed by atoms with E-state index in [0.29, 0.717) is 0 Å². The van der Waals surface area contributed by atoms with Crippen LogP contribution in [-0.2, 0) is 37.9 Å². The molecule has 0 atom stereocenters. The Morgan fingerprint density at radius 3 is 2.25 bits per heavy atom. The number of rotatable bonds is 0. The minimum atomic E-state index is -2.03. The van der Waals surface area contributed by atoms with E-state index in [1.807, 2.05) is 5.38 Å². The number of nitrogens with two attached hydrogens (primary N) is 1. The Kier molecular flexibility index (Phi) is 16.5. The van der Waals surface area contributed by atoms with Crippen LogP contribution in [0.5, 0.6) is 0 Å². The third-order valence-corrected chi connectivity index (χ3v) is 0.777. The monoisotopic (exact) mass is 306 g/mol. The molecule has 66 valence electrons. The van der Waals surface area contributed by atoms with Crippen molar-refractivity contribution < 1.29 is 25.3 Å². The molecular weight excluding hydrogens is 300 g/mol. The summed E-state index contributed by atoms with van der Waals surface area (Å²) in [5.41, 5.74) is 7.31. The molecule has 1 aromatic rings. The molecule has 1 aromatic heterocycles. The van der Waals surface area contributed by atoms with Gasteiger partial charge in [0.25, 0.3) is 0 Å². The van der Waals surface area contributed by atoms with E-state index in [1.165, 1.54) is 11.3 Å². The van der Waals surface area contributed by atoms with E-state index in [4.69, 9.17) is 6.80 Å². The molecule has 0 aliphatic rings. The van der Waals surface area contributed by atoms with Gasteiger partial charge in [-0.3, -0.25) is 11.3 Å². The summed E-state index contributed by atoms with van der Waals surface area (Å²) in [5.74, 6) is 0. The van der Waals surface area contributed by atoms with Crippen LogP contribution < -0.4 is 5.73 Å². The second kappa shape index (κ2) is 13.6. The number of nitrogens with zero attached hydrogens (tertiary/aromatic N) is 1. The molecule has 0 unspecified atom stereocenters. The van der Waals surface area contributed by atoms with Gasteiger partial charge in [-0.1, -0.05) is 4.32 Å². The summed E-state index contributed by atoms with van der Waals surface area (Å²) in [5, 5.41) is 1.88. The Balaban J connectivity index is 0. The van der Waals surface area contributed by atoms with Crippen molar-refractivity contribution in [3.63, 3.8) is 0 Å². The van der Waals surface area contributed by atoms with Crippen molar-refractivity contribution in [2.24, 2.45) is 5.73 Å². The van der Waals surface area contributed by atoms with Crippen molar-refractivity contribution in [3.8, 4) is 0 Å². The maximum absolute atomic E-state index is 8.50. The summed E-state index contributed by atoms with van der Waals surface area (Å²) < 4.78 is 17.1. The van der Waals surface area contributed by atoms with Gasteiger partial charge in [-0.05, 0) is 5.51 Å². The van der Waals surface area contributed by atoms with Gasteiger partial charge in [0.2, 0.25) is 0 Å². The summed E-state index contributed by atoms with van der Waals surface area (Å²) in [4.78, 5) is 3.62. The molecule has 0 aliphatic heterocycles. The van der Waals surface area contributed by atoms with Crippen LogP contribution in [0.3, 0.4) is 0 Å². The molecule has 0 spiro atoms. The molecule has 0 aromatic carbocycles. The van der Waals surface area contributed by atoms with Gasteiger partial charge in [0, 0.05) is 0 Å². The van der Waals surface area contributed by atoms with E-state index in [0.717, 1.165) is 0 Å². The van der Waals surface area contributed by atoms with Crippen LogP contribution in [0.25, 0.3) is 0 Å². The average Bonchev–Trinajstić information content (AvgIpc) is 2.40. The average molecular weight is 304 g/mol. The van der Waals surface area contributed by atoms with Crippen molar-refractivity contribution in [3.05, 3.63) is 17.1 Å². The Morgan fingerprint density at radius 2 is 2.17 bits per heavy atom. The third-order valence-electron chi connectivity index (χ3n) is 0.309. The van der Waals surface area contributed by atoms with Gasteiger partial charge in [0.15, 0.2) is 0 Å². The molecule has 8 heteroatoms. The summed E-state index contributed by atoms with van der Waals surface area (Å²) in [6.45, 7) is 0. The van der Waals surface area contributed by atoms with E-state index < -0.39 is 18.5 Å². The first kappa shape index (κ1) is 14.5. The van der Waals surface area contributed by atoms with Crippen LogP contribution in [0.15, 0.2) is 11.6 Å². The van der Waals surface area contributed by atoms with Crippen molar-refractivity contribution in [2.45, 2.75) is 0 Å². The number of hydrogen-bond donors (Lipinski definition) is 1. The molecule has 12 heavy (non-hydrogen) atoms. The molecule has 0 saturated carbocycles. The predicted molar refractivity (Wildman–Crippen MR) is 46.5 cm³/mol. The zero-order valence-electron chi connectivity index (χ0n) is 5.63. The van der Waals surface area contributed by atoms with Crippen LogP contribution >= 0.6 is 23.6 Å². The summed E-state index contributed by atoms with van der Waals surface area (Å²) in [6.07, 6.45) is 1.71. The molecule has 0 aliphatic carbocycles. The van der Waals surface area contributed by atoms with E-state index in [-0.39, 0.29) is 4.32 Å². The van der Waals surface area contributed by atoms with Crippen LogP contribution in [0.2, 0.25) is 0 Å². The van der Waals surface area contributed by atoms with Crippen molar-refractivity contribution in [1.29, 1.82) is 0 Å². The van der Waals surface area contributed by atoms with Crippen molar-refractivity contribution in [1.82, 2.24) is 4.98 Å². The fraction of sp³-hybridized carbons (Fsp3) is 0. The molecule has 4 nitrogen and oxygen atoms in total. The van der Waals surface area contributed by atoms with Crippen molar-refractivity contribution >= 4 is 40.5 Å². The van der Waals surface area contributed by atoms with Gasteiger partial charge in [-0.15, -0.1) is 11.6 Å². The predicted octanol–water partition coefficient (Wildman–Crippen LogP) is 0.480. The Labute approximate surface area is 93.1 Å². The first-order chi connectivity index (χ1) is 5.65. The van der Waals surface area contributed by atoms with Crippen LogP contribution in [0.1, 0.15) is 0 Å². The van der Waals surface area contributed by atoms with Gasteiger partial charge >= 0.3 is 25.3 Å². The van der Waals surface area contributed by atoms with Crippen LogP contribution in [0.4, 0.5) is 0 Å². The summed E-state index contributed by atoms with van der Waals surface area (Å²) in [6, 6.07) is 0. The molecule has 2 N–H and O–H groups in total. The van der Waals surface area contributed by atoms with Gasteiger partial charge in [0.1, 0.15) is 0 Å². The molecule has 0 bridgehead atoms. The van der Waals surface area contributed by atoms with Crippen LogP contribution in [0, 0.1) is 5.51 Å². The van der Waals surface area contributed by atoms with E-state index >= 15 is 0 Å². The topological polar surface area (TPSA) is 73.1 Å². The Morgan fingerprint density at radius 1 is 1.75 bits per heavy atom. The van der Waals surface area contributed by atoms with E-state index in [9.17, 15) is 0 Å². The standard InChI is InChI=1S/C3H2NS.CH3NS2.Mo.2O/c1-2-5-3-4-1;2-1(3)4;;;/h1-2H;(H3,2,3,4);;;/q-1;;+2;;/p-1. The first-order valence-electron chi connectivity index (χ1n) is 2.29. The maximum Gasteiger partial charge on any atom is -0.0221 e.